The molecule has 2 N–H and O–H groups in total. The van der Waals surface area contributed by atoms with Gasteiger partial charge in [0, 0.05) is 12.5 Å². The molecule has 0 heterocycles. The summed E-state index contributed by atoms with van der Waals surface area (Å²) < 4.78 is 32.3. The first-order valence-corrected chi connectivity index (χ1v) is 6.10. The lowest BCUT2D eigenvalue weighted by atomic mass is 9.94. The van der Waals surface area contributed by atoms with Gasteiger partial charge in [0.25, 0.3) is 5.92 Å². The van der Waals surface area contributed by atoms with Crippen LogP contribution in [0.5, 0.6) is 5.75 Å². The zero-order valence-corrected chi connectivity index (χ0v) is 11.0. The Hall–Kier alpha value is -1.16. The third kappa shape index (κ3) is 2.48. The van der Waals surface area contributed by atoms with Crippen LogP contribution in [0.4, 0.5) is 8.78 Å². The predicted molar refractivity (Wildman–Crippen MR) is 67.2 cm³/mol. The summed E-state index contributed by atoms with van der Waals surface area (Å²) in [7, 11) is 1.43. The van der Waals surface area contributed by atoms with Crippen molar-refractivity contribution in [1.29, 1.82) is 0 Å². The zero-order chi connectivity index (χ0) is 13.6. The van der Waals surface area contributed by atoms with Gasteiger partial charge in [0.1, 0.15) is 5.75 Å². The van der Waals surface area contributed by atoms with Gasteiger partial charge in [0.05, 0.1) is 12.7 Å². The normalized spacial score (nSPS) is 17.7. The third-order valence-electron chi connectivity index (χ3n) is 3.59. The van der Waals surface area contributed by atoms with Crippen molar-refractivity contribution in [3.05, 3.63) is 28.8 Å². The number of methoxy groups -OCH3 is 1. The van der Waals surface area contributed by atoms with Crippen LogP contribution in [0.2, 0.25) is 0 Å². The average molecular weight is 255 g/mol. The van der Waals surface area contributed by atoms with Crippen molar-refractivity contribution in [3.8, 4) is 5.75 Å². The fourth-order valence-corrected chi connectivity index (χ4v) is 2.21. The molecule has 4 heteroatoms. The monoisotopic (exact) mass is 255 g/mol. The summed E-state index contributed by atoms with van der Waals surface area (Å²) in [5, 5.41) is 0. The summed E-state index contributed by atoms with van der Waals surface area (Å²) in [6, 6.07) is 3.16. The summed E-state index contributed by atoms with van der Waals surface area (Å²) in [5.41, 5.74) is 7.58. The molecule has 0 radical (unpaired) electrons. The van der Waals surface area contributed by atoms with Crippen LogP contribution >= 0.6 is 0 Å². The van der Waals surface area contributed by atoms with E-state index in [9.17, 15) is 8.78 Å². The lowest BCUT2D eigenvalue weighted by Crippen LogP contribution is -2.26. The standard InChI is InChI=1S/C14H19F2NO/c1-9-4-5-11(13(2,15)16)12(18-3)10(9)8-14(17)6-7-14/h4-5H,6-8,17H2,1-3H3. The molecule has 1 aromatic rings. The maximum absolute atomic E-state index is 13.6. The highest BCUT2D eigenvalue weighted by Gasteiger charge is 2.40. The molecule has 0 aliphatic heterocycles. The van der Waals surface area contributed by atoms with Crippen molar-refractivity contribution in [2.45, 2.75) is 44.6 Å². The zero-order valence-electron chi connectivity index (χ0n) is 11.0. The minimum absolute atomic E-state index is 0.0603. The molecule has 2 rings (SSSR count). The van der Waals surface area contributed by atoms with Gasteiger partial charge in [-0.05, 0) is 43.4 Å². The number of nitrogens with two attached hydrogens (primary N) is 1. The van der Waals surface area contributed by atoms with E-state index >= 15 is 0 Å². The molecular formula is C14H19F2NO. The van der Waals surface area contributed by atoms with Crippen molar-refractivity contribution in [3.63, 3.8) is 0 Å². The molecule has 100 valence electrons. The summed E-state index contributed by atoms with van der Waals surface area (Å²) in [5.74, 6) is -2.61. The van der Waals surface area contributed by atoms with E-state index in [0.29, 0.717) is 12.2 Å². The van der Waals surface area contributed by atoms with Gasteiger partial charge in [-0.15, -0.1) is 0 Å². The third-order valence-corrected chi connectivity index (χ3v) is 3.59. The van der Waals surface area contributed by atoms with E-state index in [1.54, 1.807) is 6.07 Å². The van der Waals surface area contributed by atoms with E-state index in [-0.39, 0.29) is 11.1 Å². The molecule has 1 aliphatic carbocycles. The van der Waals surface area contributed by atoms with E-state index < -0.39 is 5.92 Å². The number of hydrogen-bond acceptors (Lipinski definition) is 2. The second kappa shape index (κ2) is 4.19. The fourth-order valence-electron chi connectivity index (χ4n) is 2.21. The quantitative estimate of drug-likeness (QED) is 0.897. The Labute approximate surface area is 106 Å². The smallest absolute Gasteiger partial charge is 0.274 e. The number of halogens is 2. The van der Waals surface area contributed by atoms with Crippen LogP contribution < -0.4 is 10.5 Å². The molecule has 2 nitrogen and oxygen atoms in total. The first kappa shape index (κ1) is 13.3. The van der Waals surface area contributed by atoms with Crippen molar-refractivity contribution >= 4 is 0 Å². The number of alkyl halides is 2. The van der Waals surface area contributed by atoms with Crippen LogP contribution in [0, 0.1) is 6.92 Å². The number of aryl methyl sites for hydroxylation is 1. The molecule has 0 atom stereocenters. The topological polar surface area (TPSA) is 35.2 Å². The molecular weight excluding hydrogens is 236 g/mol. The Kier molecular flexibility index (Phi) is 3.09. The second-order valence-electron chi connectivity index (χ2n) is 5.37. The van der Waals surface area contributed by atoms with Crippen molar-refractivity contribution < 1.29 is 13.5 Å². The van der Waals surface area contributed by atoms with E-state index in [1.807, 2.05) is 6.92 Å². The number of ether oxygens (including phenoxy) is 1. The largest absolute Gasteiger partial charge is 0.496 e. The molecule has 1 fully saturated rings. The first-order valence-electron chi connectivity index (χ1n) is 6.10. The molecule has 0 amide bonds. The van der Waals surface area contributed by atoms with Gasteiger partial charge in [-0.2, -0.15) is 0 Å². The SMILES string of the molecule is COc1c(C(C)(F)F)ccc(C)c1CC1(N)CC1. The van der Waals surface area contributed by atoms with Gasteiger partial charge in [-0.25, -0.2) is 8.78 Å². The highest BCUT2D eigenvalue weighted by atomic mass is 19.3. The summed E-state index contributed by atoms with van der Waals surface area (Å²) >= 11 is 0. The molecule has 0 aromatic heterocycles. The highest BCUT2D eigenvalue weighted by Crippen LogP contribution is 2.43. The minimum Gasteiger partial charge on any atom is -0.496 e. The lowest BCUT2D eigenvalue weighted by molar-refractivity contribution is 0.0149. The Balaban J connectivity index is 2.49. The Morgan fingerprint density at radius 2 is 2.00 bits per heavy atom. The van der Waals surface area contributed by atoms with Crippen LogP contribution in [0.3, 0.4) is 0 Å². The van der Waals surface area contributed by atoms with Crippen molar-refractivity contribution in [1.82, 2.24) is 0 Å². The summed E-state index contributed by atoms with van der Waals surface area (Å²) in [4.78, 5) is 0. The number of benzene rings is 1. The van der Waals surface area contributed by atoms with E-state index in [1.165, 1.54) is 13.2 Å². The number of hydrogen-bond donors (Lipinski definition) is 1. The lowest BCUT2D eigenvalue weighted by Gasteiger charge is -2.21. The van der Waals surface area contributed by atoms with Crippen LogP contribution in [-0.2, 0) is 12.3 Å². The van der Waals surface area contributed by atoms with Crippen LogP contribution in [0.1, 0.15) is 36.5 Å². The van der Waals surface area contributed by atoms with E-state index in [2.05, 4.69) is 0 Å². The van der Waals surface area contributed by atoms with Gasteiger partial charge in [-0.1, -0.05) is 6.07 Å². The molecule has 1 aliphatic rings. The van der Waals surface area contributed by atoms with Crippen LogP contribution in [-0.4, -0.2) is 12.6 Å². The highest BCUT2D eigenvalue weighted by molar-refractivity contribution is 5.49. The van der Waals surface area contributed by atoms with Gasteiger partial charge in [0.15, 0.2) is 0 Å². The summed E-state index contributed by atoms with van der Waals surface area (Å²) in [6.45, 7) is 2.79. The molecule has 0 bridgehead atoms. The van der Waals surface area contributed by atoms with Gasteiger partial charge in [0.2, 0.25) is 0 Å². The second-order valence-corrected chi connectivity index (χ2v) is 5.37. The maximum Gasteiger partial charge on any atom is 0.274 e. The van der Waals surface area contributed by atoms with Gasteiger partial charge < -0.3 is 10.5 Å². The molecule has 0 saturated heterocycles. The molecule has 1 aromatic carbocycles. The van der Waals surface area contributed by atoms with Gasteiger partial charge >= 0.3 is 0 Å². The molecule has 18 heavy (non-hydrogen) atoms. The Morgan fingerprint density at radius 1 is 1.39 bits per heavy atom. The first-order chi connectivity index (χ1) is 8.27. The Bertz CT molecular complexity index is 462. The Morgan fingerprint density at radius 3 is 2.44 bits per heavy atom. The molecule has 0 unspecified atom stereocenters. The summed E-state index contributed by atoms with van der Waals surface area (Å²) in [6.07, 6.45) is 2.50. The van der Waals surface area contributed by atoms with Crippen molar-refractivity contribution in [2.75, 3.05) is 7.11 Å². The molecule has 1 saturated carbocycles. The predicted octanol–water partition coefficient (Wildman–Crippen LogP) is 3.15. The van der Waals surface area contributed by atoms with E-state index in [4.69, 9.17) is 10.5 Å². The van der Waals surface area contributed by atoms with Gasteiger partial charge in [-0.3, -0.25) is 0 Å². The minimum atomic E-state index is -2.90. The number of rotatable bonds is 4. The van der Waals surface area contributed by atoms with Crippen LogP contribution in [0.15, 0.2) is 12.1 Å². The average Bonchev–Trinajstić information content (AvgIpc) is 2.97. The maximum atomic E-state index is 13.6. The van der Waals surface area contributed by atoms with Crippen molar-refractivity contribution in [2.24, 2.45) is 5.73 Å². The van der Waals surface area contributed by atoms with E-state index in [0.717, 1.165) is 30.9 Å². The fraction of sp³-hybridized carbons (Fsp3) is 0.571. The molecule has 0 spiro atoms. The van der Waals surface area contributed by atoms with Crippen LogP contribution in [0.25, 0.3) is 0 Å².